The minimum atomic E-state index is -0.364. The number of rotatable bonds is 2. The molecule has 1 spiro atoms. The Morgan fingerprint density at radius 2 is 0.897 bits per heavy atom. The molecule has 2 heterocycles. The van der Waals surface area contributed by atoms with Crippen molar-refractivity contribution in [2.75, 3.05) is 0 Å². The van der Waals surface area contributed by atoms with Crippen LogP contribution in [0.4, 0.5) is 0 Å². The first-order chi connectivity index (χ1) is 19.0. The van der Waals surface area contributed by atoms with Gasteiger partial charge in [0.05, 0.1) is 5.41 Å². The lowest BCUT2D eigenvalue weighted by Crippen LogP contribution is -2.25. The summed E-state index contributed by atoms with van der Waals surface area (Å²) in [5.74, 6) is 1.94. The van der Waals surface area contributed by atoms with E-state index >= 15 is 0 Å². The molecule has 0 unspecified atom stereocenters. The molecule has 0 aliphatic heterocycles. The molecule has 188 valence electrons. The van der Waals surface area contributed by atoms with Gasteiger partial charge >= 0.3 is 0 Å². The van der Waals surface area contributed by atoms with Crippen molar-refractivity contribution in [1.29, 1.82) is 0 Å². The van der Waals surface area contributed by atoms with Gasteiger partial charge in [0, 0.05) is 50.0 Å². The smallest absolute Gasteiger partial charge is 0.139 e. The van der Waals surface area contributed by atoms with Gasteiger partial charge in [-0.2, -0.15) is 0 Å². The standard InChI is InChI=1S/C35H28N4/c1-21-5-9-29-25(17-21)26-18-22(2)6-10-30(26)35(29)31-11-7-23(33-36-13-15-38(33)3)19-27(31)28-20-24(8-12-32(28)35)34-37-14-16-39(34)4/h5-20H,1-4H3. The van der Waals surface area contributed by atoms with E-state index < -0.39 is 0 Å². The SMILES string of the molecule is Cc1ccc2c(c1)-c1cc(C)ccc1C21c2ccc(-c3nccn3C)cc2-c2cc(-c3nccn3C)ccc21. The van der Waals surface area contributed by atoms with Gasteiger partial charge in [-0.25, -0.2) is 9.97 Å². The fourth-order valence-electron chi connectivity index (χ4n) is 7.04. The monoisotopic (exact) mass is 504 g/mol. The van der Waals surface area contributed by atoms with Gasteiger partial charge in [-0.15, -0.1) is 0 Å². The summed E-state index contributed by atoms with van der Waals surface area (Å²) >= 11 is 0. The lowest BCUT2D eigenvalue weighted by atomic mass is 9.70. The third-order valence-corrected chi connectivity index (χ3v) is 8.74. The van der Waals surface area contributed by atoms with Crippen molar-refractivity contribution in [2.45, 2.75) is 19.3 Å². The van der Waals surface area contributed by atoms with Crippen molar-refractivity contribution < 1.29 is 0 Å². The average molecular weight is 505 g/mol. The summed E-state index contributed by atoms with van der Waals surface area (Å²) in [6, 6.07) is 27.8. The Kier molecular flexibility index (Phi) is 4.39. The Bertz CT molecular complexity index is 1830. The zero-order valence-electron chi connectivity index (χ0n) is 22.5. The molecule has 39 heavy (non-hydrogen) atoms. The van der Waals surface area contributed by atoms with Crippen LogP contribution >= 0.6 is 0 Å². The van der Waals surface area contributed by atoms with Gasteiger partial charge in [0.15, 0.2) is 0 Å². The Balaban J connectivity index is 1.50. The molecule has 0 atom stereocenters. The number of fused-ring (bicyclic) bond motifs is 10. The largest absolute Gasteiger partial charge is 0.334 e. The molecule has 4 nitrogen and oxygen atoms in total. The fourth-order valence-corrected chi connectivity index (χ4v) is 7.04. The maximum Gasteiger partial charge on any atom is 0.139 e. The van der Waals surface area contributed by atoms with Gasteiger partial charge in [0.2, 0.25) is 0 Å². The molecule has 4 aromatic carbocycles. The predicted octanol–water partition coefficient (Wildman–Crippen LogP) is 7.45. The molecule has 2 aliphatic carbocycles. The van der Waals surface area contributed by atoms with Gasteiger partial charge in [0.1, 0.15) is 11.6 Å². The average Bonchev–Trinajstić information content (AvgIpc) is 3.69. The first kappa shape index (κ1) is 22.3. The zero-order valence-corrected chi connectivity index (χ0v) is 22.5. The molecule has 0 saturated carbocycles. The molecular weight excluding hydrogens is 476 g/mol. The molecular formula is C35H28N4. The maximum atomic E-state index is 4.67. The number of hydrogen-bond acceptors (Lipinski definition) is 2. The van der Waals surface area contributed by atoms with Gasteiger partial charge < -0.3 is 9.13 Å². The van der Waals surface area contributed by atoms with Crippen LogP contribution in [0.25, 0.3) is 45.0 Å². The van der Waals surface area contributed by atoms with Crippen LogP contribution in [-0.2, 0) is 19.5 Å². The van der Waals surface area contributed by atoms with Crippen molar-refractivity contribution >= 4 is 0 Å². The van der Waals surface area contributed by atoms with Gasteiger partial charge in [-0.3, -0.25) is 0 Å². The summed E-state index contributed by atoms with van der Waals surface area (Å²) < 4.78 is 4.17. The molecule has 6 aromatic rings. The van der Waals surface area contributed by atoms with Gasteiger partial charge in [0.25, 0.3) is 0 Å². The van der Waals surface area contributed by atoms with E-state index in [0.29, 0.717) is 0 Å². The number of aryl methyl sites for hydroxylation is 4. The van der Waals surface area contributed by atoms with Crippen molar-refractivity contribution in [3.05, 3.63) is 131 Å². The number of aromatic nitrogens is 4. The quantitative estimate of drug-likeness (QED) is 0.245. The van der Waals surface area contributed by atoms with Crippen LogP contribution in [0.5, 0.6) is 0 Å². The first-order valence-corrected chi connectivity index (χ1v) is 13.4. The topological polar surface area (TPSA) is 35.6 Å². The molecule has 2 aliphatic rings. The molecule has 0 fully saturated rings. The molecule has 8 rings (SSSR count). The summed E-state index contributed by atoms with van der Waals surface area (Å²) in [7, 11) is 4.11. The predicted molar refractivity (Wildman–Crippen MR) is 157 cm³/mol. The van der Waals surface area contributed by atoms with Crippen LogP contribution < -0.4 is 0 Å². The molecule has 0 amide bonds. The summed E-state index contributed by atoms with van der Waals surface area (Å²) in [6.45, 7) is 4.38. The van der Waals surface area contributed by atoms with Crippen LogP contribution in [0, 0.1) is 13.8 Å². The molecule has 0 N–H and O–H groups in total. The summed E-state index contributed by atoms with van der Waals surface area (Å²) in [4.78, 5) is 9.33. The molecule has 4 heteroatoms. The first-order valence-electron chi connectivity index (χ1n) is 13.4. The van der Waals surface area contributed by atoms with Crippen LogP contribution in [0.15, 0.2) is 97.6 Å². The van der Waals surface area contributed by atoms with E-state index in [1.165, 1.54) is 55.6 Å². The third-order valence-electron chi connectivity index (χ3n) is 8.74. The second-order valence-electron chi connectivity index (χ2n) is 11.1. The number of benzene rings is 4. The number of imidazole rings is 2. The van der Waals surface area contributed by atoms with Crippen LogP contribution in [0.1, 0.15) is 33.4 Å². The highest BCUT2D eigenvalue weighted by atomic mass is 15.0. The second-order valence-corrected chi connectivity index (χ2v) is 11.1. The van der Waals surface area contributed by atoms with Gasteiger partial charge in [-0.1, -0.05) is 71.8 Å². The normalized spacial score (nSPS) is 13.8. The van der Waals surface area contributed by atoms with E-state index in [2.05, 4.69) is 120 Å². The Labute approximate surface area is 228 Å². The highest BCUT2D eigenvalue weighted by Gasteiger charge is 2.51. The van der Waals surface area contributed by atoms with E-state index in [0.717, 1.165) is 22.8 Å². The van der Waals surface area contributed by atoms with Crippen molar-refractivity contribution in [1.82, 2.24) is 19.1 Å². The lowest BCUT2D eigenvalue weighted by molar-refractivity contribution is 0.793. The summed E-state index contributed by atoms with van der Waals surface area (Å²) in [5, 5.41) is 0. The van der Waals surface area contributed by atoms with Crippen molar-refractivity contribution in [3.63, 3.8) is 0 Å². The van der Waals surface area contributed by atoms with E-state index in [1.807, 2.05) is 24.8 Å². The lowest BCUT2D eigenvalue weighted by Gasteiger charge is -2.30. The molecule has 0 bridgehead atoms. The van der Waals surface area contributed by atoms with E-state index in [-0.39, 0.29) is 5.41 Å². The Morgan fingerprint density at radius 3 is 1.28 bits per heavy atom. The maximum absolute atomic E-state index is 4.67. The van der Waals surface area contributed by atoms with Gasteiger partial charge in [-0.05, 0) is 70.5 Å². The van der Waals surface area contributed by atoms with Crippen molar-refractivity contribution in [2.24, 2.45) is 14.1 Å². The highest BCUT2D eigenvalue weighted by molar-refractivity contribution is 5.97. The summed E-state index contributed by atoms with van der Waals surface area (Å²) in [5.41, 5.74) is 15.1. The van der Waals surface area contributed by atoms with Crippen LogP contribution in [0.2, 0.25) is 0 Å². The summed E-state index contributed by atoms with van der Waals surface area (Å²) in [6.07, 6.45) is 7.74. The Morgan fingerprint density at radius 1 is 0.513 bits per heavy atom. The minimum absolute atomic E-state index is 0.364. The minimum Gasteiger partial charge on any atom is -0.334 e. The van der Waals surface area contributed by atoms with E-state index in [4.69, 9.17) is 0 Å². The molecule has 0 saturated heterocycles. The van der Waals surface area contributed by atoms with E-state index in [9.17, 15) is 0 Å². The van der Waals surface area contributed by atoms with E-state index in [1.54, 1.807) is 0 Å². The van der Waals surface area contributed by atoms with Crippen molar-refractivity contribution in [3.8, 4) is 45.0 Å². The molecule has 2 aromatic heterocycles. The third kappa shape index (κ3) is 2.83. The number of nitrogens with zero attached hydrogens (tertiary/aromatic N) is 4. The van der Waals surface area contributed by atoms with Crippen LogP contribution in [-0.4, -0.2) is 19.1 Å². The van der Waals surface area contributed by atoms with Crippen LogP contribution in [0.3, 0.4) is 0 Å². The number of hydrogen-bond donors (Lipinski definition) is 0. The second kappa shape index (κ2) is 7.67. The highest BCUT2D eigenvalue weighted by Crippen LogP contribution is 2.63. The molecule has 0 radical (unpaired) electrons. The fraction of sp³-hybridized carbons (Fsp3) is 0.143. The Hall–Kier alpha value is -4.70. The zero-order chi connectivity index (χ0) is 26.5.